The van der Waals surface area contributed by atoms with Crippen LogP contribution in [0.15, 0.2) is 11.1 Å². The lowest BCUT2D eigenvalue weighted by Crippen LogP contribution is -2.24. The topological polar surface area (TPSA) is 43.4 Å². The third-order valence-corrected chi connectivity index (χ3v) is 2.16. The molecule has 0 fully saturated rings. The highest BCUT2D eigenvalue weighted by atomic mass is 79.9. The van der Waals surface area contributed by atoms with Crippen molar-refractivity contribution in [3.05, 3.63) is 11.1 Å². The second-order valence-corrected chi connectivity index (χ2v) is 4.09. The smallest absolute Gasteiger partial charge is 0.316 e. The summed E-state index contributed by atoms with van der Waals surface area (Å²) < 4.78 is 5.58. The number of halogens is 1. The van der Waals surface area contributed by atoms with Crippen LogP contribution >= 0.6 is 15.9 Å². The monoisotopic (exact) mass is 262 g/mol. The minimum absolute atomic E-state index is 0.155. The fraction of sp³-hybridized carbons (Fsp3) is 0.600. The third-order valence-electron chi connectivity index (χ3n) is 1.77. The summed E-state index contributed by atoms with van der Waals surface area (Å²) >= 11 is 3.18. The summed E-state index contributed by atoms with van der Waals surface area (Å²) in [7, 11) is 0. The lowest BCUT2D eigenvalue weighted by atomic mass is 9.99. The summed E-state index contributed by atoms with van der Waals surface area (Å²) in [6, 6.07) is 0. The van der Waals surface area contributed by atoms with Crippen molar-refractivity contribution in [3.8, 4) is 0 Å². The number of hydrogen-bond donors (Lipinski definition) is 0. The van der Waals surface area contributed by atoms with Crippen LogP contribution in [0, 0.1) is 5.92 Å². The van der Waals surface area contributed by atoms with Crippen LogP contribution in [0.5, 0.6) is 0 Å². The molecule has 0 heterocycles. The second kappa shape index (κ2) is 6.76. The fourth-order valence-corrected chi connectivity index (χ4v) is 1.26. The quantitative estimate of drug-likeness (QED) is 0.546. The minimum atomic E-state index is -0.649. The van der Waals surface area contributed by atoms with Gasteiger partial charge in [0.05, 0.1) is 6.61 Å². The average Bonchev–Trinajstić information content (AvgIpc) is 2.03. The Balaban J connectivity index is 4.22. The number of hydrogen-bond acceptors (Lipinski definition) is 3. The minimum Gasteiger partial charge on any atom is -0.465 e. The van der Waals surface area contributed by atoms with Crippen LogP contribution in [0.3, 0.4) is 0 Å². The molecule has 1 atom stereocenters. The number of esters is 1. The van der Waals surface area contributed by atoms with Gasteiger partial charge >= 0.3 is 5.97 Å². The molecule has 0 amide bonds. The van der Waals surface area contributed by atoms with E-state index >= 15 is 0 Å². The SMILES string of the molecule is C=C(Br)CCC(C(C)=O)C(=O)OCC. The maximum absolute atomic E-state index is 11.3. The predicted octanol–water partition coefficient (Wildman–Crippen LogP) is 2.44. The normalized spacial score (nSPS) is 11.9. The lowest BCUT2D eigenvalue weighted by molar-refractivity contribution is -0.151. The largest absolute Gasteiger partial charge is 0.465 e. The molecule has 0 aliphatic heterocycles. The molecule has 1 unspecified atom stereocenters. The van der Waals surface area contributed by atoms with E-state index in [2.05, 4.69) is 22.5 Å². The molecule has 80 valence electrons. The van der Waals surface area contributed by atoms with Crippen LogP contribution < -0.4 is 0 Å². The second-order valence-electron chi connectivity index (χ2n) is 2.97. The molecule has 0 aromatic rings. The number of carbonyl (C=O) groups is 2. The van der Waals surface area contributed by atoms with Crippen molar-refractivity contribution >= 4 is 27.7 Å². The molecular formula is C10H15BrO3. The van der Waals surface area contributed by atoms with Crippen molar-refractivity contribution in [1.29, 1.82) is 0 Å². The van der Waals surface area contributed by atoms with E-state index in [1.807, 2.05) is 0 Å². The lowest BCUT2D eigenvalue weighted by Gasteiger charge is -2.11. The van der Waals surface area contributed by atoms with E-state index in [0.29, 0.717) is 19.4 Å². The Kier molecular flexibility index (Phi) is 6.45. The molecule has 0 aliphatic carbocycles. The third kappa shape index (κ3) is 5.17. The molecule has 4 heteroatoms. The molecule has 0 rings (SSSR count). The molecule has 0 bridgehead atoms. The number of rotatable bonds is 6. The fourth-order valence-electron chi connectivity index (χ4n) is 1.03. The van der Waals surface area contributed by atoms with E-state index in [4.69, 9.17) is 4.74 Å². The molecule has 14 heavy (non-hydrogen) atoms. The predicted molar refractivity (Wildman–Crippen MR) is 58.1 cm³/mol. The van der Waals surface area contributed by atoms with Gasteiger partial charge in [-0.25, -0.2) is 0 Å². The van der Waals surface area contributed by atoms with Crippen LogP contribution in [0.25, 0.3) is 0 Å². The van der Waals surface area contributed by atoms with E-state index in [9.17, 15) is 9.59 Å². The summed E-state index contributed by atoms with van der Waals surface area (Å²) in [5.41, 5.74) is 0. The van der Waals surface area contributed by atoms with Gasteiger partial charge in [0.2, 0.25) is 0 Å². The Morgan fingerprint density at radius 2 is 2.07 bits per heavy atom. The van der Waals surface area contributed by atoms with Crippen molar-refractivity contribution < 1.29 is 14.3 Å². The molecule has 0 saturated heterocycles. The van der Waals surface area contributed by atoms with Gasteiger partial charge in [0, 0.05) is 0 Å². The molecule has 0 spiro atoms. The van der Waals surface area contributed by atoms with Crippen molar-refractivity contribution in [1.82, 2.24) is 0 Å². The first-order chi connectivity index (χ1) is 6.49. The van der Waals surface area contributed by atoms with Crippen LogP contribution in [0.1, 0.15) is 26.7 Å². The molecular weight excluding hydrogens is 248 g/mol. The molecule has 0 aromatic heterocycles. The van der Waals surface area contributed by atoms with Gasteiger partial charge in [-0.2, -0.15) is 0 Å². The first-order valence-electron chi connectivity index (χ1n) is 4.49. The van der Waals surface area contributed by atoms with Gasteiger partial charge in [0.1, 0.15) is 11.7 Å². The molecule has 0 N–H and O–H groups in total. The first kappa shape index (κ1) is 13.4. The molecule has 0 saturated carbocycles. The number of Topliss-reactive ketones (excluding diaryl/α,β-unsaturated/α-hetero) is 1. The molecule has 0 aliphatic rings. The highest BCUT2D eigenvalue weighted by Gasteiger charge is 2.23. The molecule has 0 aromatic carbocycles. The van der Waals surface area contributed by atoms with Crippen LogP contribution in [-0.4, -0.2) is 18.4 Å². The molecule has 0 radical (unpaired) electrons. The number of ketones is 1. The van der Waals surface area contributed by atoms with Gasteiger partial charge in [0.15, 0.2) is 0 Å². The van der Waals surface area contributed by atoms with Crippen molar-refractivity contribution in [2.75, 3.05) is 6.61 Å². The van der Waals surface area contributed by atoms with E-state index < -0.39 is 11.9 Å². The van der Waals surface area contributed by atoms with E-state index in [-0.39, 0.29) is 5.78 Å². The Morgan fingerprint density at radius 3 is 2.43 bits per heavy atom. The van der Waals surface area contributed by atoms with Gasteiger partial charge < -0.3 is 4.74 Å². The summed E-state index contributed by atoms with van der Waals surface area (Å²) in [5, 5.41) is 0. The standard InChI is InChI=1S/C10H15BrO3/c1-4-14-10(13)9(8(3)12)6-5-7(2)11/h9H,2,4-6H2,1,3H3. The van der Waals surface area contributed by atoms with Crippen molar-refractivity contribution in [2.45, 2.75) is 26.7 Å². The van der Waals surface area contributed by atoms with Gasteiger partial charge in [-0.05, 0) is 31.2 Å². The maximum Gasteiger partial charge on any atom is 0.316 e. The van der Waals surface area contributed by atoms with Gasteiger partial charge in [0.25, 0.3) is 0 Å². The number of allylic oxidation sites excluding steroid dienone is 1. The average molecular weight is 263 g/mol. The first-order valence-corrected chi connectivity index (χ1v) is 5.28. The van der Waals surface area contributed by atoms with Crippen molar-refractivity contribution in [2.24, 2.45) is 5.92 Å². The summed E-state index contributed by atoms with van der Waals surface area (Å²) in [6.07, 6.45) is 1.06. The number of carbonyl (C=O) groups excluding carboxylic acids is 2. The van der Waals surface area contributed by atoms with Gasteiger partial charge in [-0.1, -0.05) is 22.5 Å². The van der Waals surface area contributed by atoms with E-state index in [0.717, 1.165) is 4.48 Å². The highest BCUT2D eigenvalue weighted by molar-refractivity contribution is 9.11. The zero-order valence-corrected chi connectivity index (χ0v) is 10.1. The summed E-state index contributed by atoms with van der Waals surface area (Å²) in [6.45, 7) is 7.07. The highest BCUT2D eigenvalue weighted by Crippen LogP contribution is 2.17. The molecule has 3 nitrogen and oxygen atoms in total. The zero-order valence-electron chi connectivity index (χ0n) is 8.51. The van der Waals surface area contributed by atoms with Crippen LogP contribution in [0.2, 0.25) is 0 Å². The van der Waals surface area contributed by atoms with Crippen LogP contribution in [-0.2, 0) is 14.3 Å². The number of ether oxygens (including phenoxy) is 1. The summed E-state index contributed by atoms with van der Waals surface area (Å²) in [4.78, 5) is 22.4. The Bertz CT molecular complexity index is 236. The van der Waals surface area contributed by atoms with Gasteiger partial charge in [-0.15, -0.1) is 0 Å². The van der Waals surface area contributed by atoms with Crippen LogP contribution in [0.4, 0.5) is 0 Å². The van der Waals surface area contributed by atoms with E-state index in [1.54, 1.807) is 6.92 Å². The van der Waals surface area contributed by atoms with E-state index in [1.165, 1.54) is 6.92 Å². The van der Waals surface area contributed by atoms with Crippen molar-refractivity contribution in [3.63, 3.8) is 0 Å². The Labute approximate surface area is 92.6 Å². The van der Waals surface area contributed by atoms with Gasteiger partial charge in [-0.3, -0.25) is 9.59 Å². The zero-order chi connectivity index (χ0) is 11.1. The Hall–Kier alpha value is -0.640. The summed E-state index contributed by atoms with van der Waals surface area (Å²) in [5.74, 6) is -1.24. The Morgan fingerprint density at radius 1 is 1.50 bits per heavy atom. The maximum atomic E-state index is 11.3.